The molecule has 5 nitrogen and oxygen atoms in total. The lowest BCUT2D eigenvalue weighted by atomic mass is 10.2. The average Bonchev–Trinajstić information content (AvgIpc) is 2.39. The summed E-state index contributed by atoms with van der Waals surface area (Å²) in [5.41, 5.74) is 6.64. The van der Waals surface area contributed by atoms with E-state index in [2.05, 4.69) is 9.97 Å². The normalized spacial score (nSPS) is 10.2. The first-order valence-corrected chi connectivity index (χ1v) is 6.01. The van der Waals surface area contributed by atoms with Crippen molar-refractivity contribution >= 4 is 23.3 Å². The van der Waals surface area contributed by atoms with Crippen molar-refractivity contribution in [2.24, 2.45) is 0 Å². The molecule has 2 rings (SSSR count). The first-order chi connectivity index (χ1) is 9.06. The van der Waals surface area contributed by atoms with Crippen molar-refractivity contribution < 1.29 is 4.79 Å². The Kier molecular flexibility index (Phi) is 3.97. The predicted octanol–water partition coefficient (Wildman–Crippen LogP) is 1.98. The van der Waals surface area contributed by atoms with Crippen LogP contribution < -0.4 is 5.73 Å². The molecule has 19 heavy (non-hydrogen) atoms. The van der Waals surface area contributed by atoms with E-state index in [0.717, 1.165) is 5.56 Å². The molecule has 0 atom stereocenters. The third-order valence-corrected chi connectivity index (χ3v) is 2.78. The number of halogens is 1. The van der Waals surface area contributed by atoms with Crippen molar-refractivity contribution in [3.8, 4) is 0 Å². The maximum absolute atomic E-state index is 12.1. The Labute approximate surface area is 116 Å². The zero-order valence-electron chi connectivity index (χ0n) is 10.4. The second-order valence-corrected chi connectivity index (χ2v) is 4.55. The van der Waals surface area contributed by atoms with Gasteiger partial charge in [0.05, 0.1) is 12.4 Å². The van der Waals surface area contributed by atoms with Crippen LogP contribution in [0.1, 0.15) is 16.1 Å². The fourth-order valence-corrected chi connectivity index (χ4v) is 1.84. The molecule has 0 saturated heterocycles. The van der Waals surface area contributed by atoms with E-state index in [0.29, 0.717) is 11.6 Å². The molecule has 0 aliphatic rings. The molecule has 0 unspecified atom stereocenters. The van der Waals surface area contributed by atoms with Crippen LogP contribution in [-0.2, 0) is 6.54 Å². The molecule has 98 valence electrons. The minimum Gasteiger partial charge on any atom is -0.382 e. The number of carbonyl (C=O) groups is 1. The number of nitrogens with zero attached hydrogens (tertiary/aromatic N) is 3. The highest BCUT2D eigenvalue weighted by Crippen LogP contribution is 2.13. The topological polar surface area (TPSA) is 72.1 Å². The first kappa shape index (κ1) is 13.3. The molecular weight excluding hydrogens is 264 g/mol. The van der Waals surface area contributed by atoms with E-state index in [1.165, 1.54) is 12.4 Å². The van der Waals surface area contributed by atoms with Gasteiger partial charge in [-0.3, -0.25) is 4.79 Å². The summed E-state index contributed by atoms with van der Waals surface area (Å²) < 4.78 is 0. The first-order valence-electron chi connectivity index (χ1n) is 5.63. The van der Waals surface area contributed by atoms with Crippen LogP contribution in [-0.4, -0.2) is 27.8 Å². The lowest BCUT2D eigenvalue weighted by Crippen LogP contribution is -2.27. The monoisotopic (exact) mass is 276 g/mol. The molecule has 2 N–H and O–H groups in total. The van der Waals surface area contributed by atoms with Crippen LogP contribution in [0.5, 0.6) is 0 Å². The number of hydrogen-bond donors (Lipinski definition) is 1. The lowest BCUT2D eigenvalue weighted by molar-refractivity contribution is 0.0779. The van der Waals surface area contributed by atoms with Crippen molar-refractivity contribution in [2.45, 2.75) is 6.54 Å². The van der Waals surface area contributed by atoms with Crippen LogP contribution in [0.3, 0.4) is 0 Å². The molecule has 0 aliphatic heterocycles. The van der Waals surface area contributed by atoms with Crippen LogP contribution in [0.4, 0.5) is 5.82 Å². The van der Waals surface area contributed by atoms with Crippen molar-refractivity contribution in [1.82, 2.24) is 14.9 Å². The fourth-order valence-electron chi connectivity index (χ4n) is 1.62. The molecule has 0 fully saturated rings. The van der Waals surface area contributed by atoms with Gasteiger partial charge in [-0.15, -0.1) is 0 Å². The third kappa shape index (κ3) is 3.42. The number of anilines is 1. The van der Waals surface area contributed by atoms with Crippen LogP contribution in [0.2, 0.25) is 5.02 Å². The van der Waals surface area contributed by atoms with Gasteiger partial charge in [0.15, 0.2) is 0 Å². The average molecular weight is 277 g/mol. The molecule has 0 aliphatic carbocycles. The Hall–Kier alpha value is -2.14. The van der Waals surface area contributed by atoms with Gasteiger partial charge in [-0.2, -0.15) is 0 Å². The van der Waals surface area contributed by atoms with E-state index >= 15 is 0 Å². The highest BCUT2D eigenvalue weighted by Gasteiger charge is 2.13. The van der Waals surface area contributed by atoms with E-state index in [-0.39, 0.29) is 17.4 Å². The minimum atomic E-state index is -0.215. The molecule has 1 amide bonds. The van der Waals surface area contributed by atoms with Gasteiger partial charge in [-0.05, 0) is 17.7 Å². The van der Waals surface area contributed by atoms with E-state index in [1.54, 1.807) is 18.0 Å². The number of carbonyl (C=O) groups excluding carboxylic acids is 1. The summed E-state index contributed by atoms with van der Waals surface area (Å²) in [5, 5.41) is 0.644. The number of nitrogen functional groups attached to an aromatic ring is 1. The zero-order valence-corrected chi connectivity index (χ0v) is 11.1. The summed E-state index contributed by atoms with van der Waals surface area (Å²) >= 11 is 5.90. The summed E-state index contributed by atoms with van der Waals surface area (Å²) in [6, 6.07) is 7.36. The maximum Gasteiger partial charge on any atom is 0.274 e. The molecule has 0 bridgehead atoms. The Morgan fingerprint density at radius 2 is 2.16 bits per heavy atom. The standard InChI is InChI=1S/C13H13ClN4O/c1-18(8-9-3-2-4-10(14)5-9)13(19)11-6-17-12(15)7-16-11/h2-7H,8H2,1H3,(H2,15,17). The molecule has 0 saturated carbocycles. The van der Waals surface area contributed by atoms with E-state index in [1.807, 2.05) is 18.2 Å². The maximum atomic E-state index is 12.1. The summed E-state index contributed by atoms with van der Waals surface area (Å²) in [6.45, 7) is 0.450. The molecule has 1 heterocycles. The Balaban J connectivity index is 2.09. The quantitative estimate of drug-likeness (QED) is 0.930. The molecule has 1 aromatic heterocycles. The number of amides is 1. The largest absolute Gasteiger partial charge is 0.382 e. The van der Waals surface area contributed by atoms with Crippen molar-refractivity contribution in [2.75, 3.05) is 12.8 Å². The smallest absolute Gasteiger partial charge is 0.274 e. The Morgan fingerprint density at radius 3 is 2.79 bits per heavy atom. The van der Waals surface area contributed by atoms with Crippen molar-refractivity contribution in [3.63, 3.8) is 0 Å². The van der Waals surface area contributed by atoms with Crippen LogP contribution in [0.15, 0.2) is 36.7 Å². The summed E-state index contributed by atoms with van der Waals surface area (Å²) in [4.78, 5) is 21.4. The van der Waals surface area contributed by atoms with Gasteiger partial charge in [0.1, 0.15) is 11.5 Å². The van der Waals surface area contributed by atoms with Crippen LogP contribution in [0.25, 0.3) is 0 Å². The van der Waals surface area contributed by atoms with Gasteiger partial charge >= 0.3 is 0 Å². The highest BCUT2D eigenvalue weighted by molar-refractivity contribution is 6.30. The van der Waals surface area contributed by atoms with Gasteiger partial charge in [0.25, 0.3) is 5.91 Å². The number of nitrogens with two attached hydrogens (primary N) is 1. The van der Waals surface area contributed by atoms with Gasteiger partial charge in [-0.25, -0.2) is 9.97 Å². The van der Waals surface area contributed by atoms with Gasteiger partial charge < -0.3 is 10.6 Å². The third-order valence-electron chi connectivity index (χ3n) is 2.55. The Bertz CT molecular complexity index is 585. The van der Waals surface area contributed by atoms with Crippen molar-refractivity contribution in [3.05, 3.63) is 52.9 Å². The van der Waals surface area contributed by atoms with Crippen LogP contribution in [0, 0.1) is 0 Å². The lowest BCUT2D eigenvalue weighted by Gasteiger charge is -2.16. The van der Waals surface area contributed by atoms with Gasteiger partial charge in [0, 0.05) is 18.6 Å². The molecule has 6 heteroatoms. The number of rotatable bonds is 3. The molecule has 0 spiro atoms. The van der Waals surface area contributed by atoms with E-state index in [4.69, 9.17) is 17.3 Å². The van der Waals surface area contributed by atoms with E-state index < -0.39 is 0 Å². The minimum absolute atomic E-state index is 0.215. The predicted molar refractivity (Wildman–Crippen MR) is 73.7 cm³/mol. The number of hydrogen-bond acceptors (Lipinski definition) is 4. The molecule has 2 aromatic rings. The van der Waals surface area contributed by atoms with Gasteiger partial charge in [-0.1, -0.05) is 23.7 Å². The Morgan fingerprint density at radius 1 is 1.37 bits per heavy atom. The number of benzene rings is 1. The molecule has 0 radical (unpaired) electrons. The van der Waals surface area contributed by atoms with Crippen LogP contribution >= 0.6 is 11.6 Å². The summed E-state index contributed by atoms with van der Waals surface area (Å²) in [6.07, 6.45) is 2.73. The summed E-state index contributed by atoms with van der Waals surface area (Å²) in [5.74, 6) is 0.0709. The second kappa shape index (κ2) is 5.67. The van der Waals surface area contributed by atoms with E-state index in [9.17, 15) is 4.79 Å². The number of aromatic nitrogens is 2. The summed E-state index contributed by atoms with van der Waals surface area (Å²) in [7, 11) is 1.70. The SMILES string of the molecule is CN(Cc1cccc(Cl)c1)C(=O)c1cnc(N)cn1. The second-order valence-electron chi connectivity index (χ2n) is 4.12. The molecular formula is C13H13ClN4O. The van der Waals surface area contributed by atoms with Gasteiger partial charge in [0.2, 0.25) is 0 Å². The zero-order chi connectivity index (χ0) is 13.8. The van der Waals surface area contributed by atoms with Crippen molar-refractivity contribution in [1.29, 1.82) is 0 Å². The fraction of sp³-hybridized carbons (Fsp3) is 0.154. The molecule has 1 aromatic carbocycles. The highest BCUT2D eigenvalue weighted by atomic mass is 35.5.